The van der Waals surface area contributed by atoms with Gasteiger partial charge in [-0.1, -0.05) is 6.07 Å². The highest BCUT2D eigenvalue weighted by Crippen LogP contribution is 2.29. The number of oxazole rings is 1. The fourth-order valence-electron chi connectivity index (χ4n) is 3.33. The number of esters is 1. The van der Waals surface area contributed by atoms with E-state index in [1.54, 1.807) is 55.8 Å². The van der Waals surface area contributed by atoms with E-state index in [4.69, 9.17) is 18.6 Å². The molecule has 0 atom stereocenters. The number of ether oxygens (including phenoxy) is 3. The van der Waals surface area contributed by atoms with Gasteiger partial charge in [0.2, 0.25) is 11.8 Å². The fourth-order valence-corrected chi connectivity index (χ4v) is 3.33. The lowest BCUT2D eigenvalue weighted by Crippen LogP contribution is -2.15. The van der Waals surface area contributed by atoms with Crippen molar-refractivity contribution in [2.45, 2.75) is 6.42 Å². The maximum absolute atomic E-state index is 12.7. The molecule has 4 rings (SSSR count). The van der Waals surface area contributed by atoms with Crippen molar-refractivity contribution in [1.29, 1.82) is 0 Å². The summed E-state index contributed by atoms with van der Waals surface area (Å²) in [7, 11) is 4.36. The molecule has 4 aromatic rings. The highest BCUT2D eigenvalue weighted by Gasteiger charge is 2.16. The first-order valence-electron chi connectivity index (χ1n) is 9.97. The maximum atomic E-state index is 12.7. The van der Waals surface area contributed by atoms with Crippen LogP contribution < -0.4 is 14.8 Å². The zero-order valence-electron chi connectivity index (χ0n) is 18.2. The molecule has 1 amide bonds. The second-order valence-electron chi connectivity index (χ2n) is 7.05. The van der Waals surface area contributed by atoms with E-state index in [1.807, 2.05) is 0 Å². The van der Waals surface area contributed by atoms with Gasteiger partial charge < -0.3 is 23.9 Å². The summed E-state index contributed by atoms with van der Waals surface area (Å²) in [5.41, 5.74) is 2.82. The molecular formula is C24H21N3O6. The molecule has 9 heteroatoms. The van der Waals surface area contributed by atoms with Crippen LogP contribution in [-0.4, -0.2) is 43.2 Å². The van der Waals surface area contributed by atoms with Crippen LogP contribution in [0.5, 0.6) is 11.5 Å². The summed E-state index contributed by atoms with van der Waals surface area (Å²) < 4.78 is 21.1. The first-order chi connectivity index (χ1) is 16.0. The van der Waals surface area contributed by atoms with Crippen LogP contribution in [0.3, 0.4) is 0 Å². The lowest BCUT2D eigenvalue weighted by atomic mass is 10.1. The number of hydrogen-bond donors (Lipinski definition) is 1. The van der Waals surface area contributed by atoms with E-state index in [1.165, 1.54) is 20.3 Å². The quantitative estimate of drug-likeness (QED) is 0.425. The molecule has 0 fully saturated rings. The summed E-state index contributed by atoms with van der Waals surface area (Å²) >= 11 is 0. The number of methoxy groups -OCH3 is 3. The van der Waals surface area contributed by atoms with Crippen LogP contribution in [0.1, 0.15) is 15.9 Å². The predicted molar refractivity (Wildman–Crippen MR) is 120 cm³/mol. The third-order valence-electron chi connectivity index (χ3n) is 4.86. The molecule has 0 spiro atoms. The molecule has 168 valence electrons. The van der Waals surface area contributed by atoms with E-state index < -0.39 is 5.97 Å². The summed E-state index contributed by atoms with van der Waals surface area (Å²) in [6.45, 7) is 0. The minimum absolute atomic E-state index is 0.0882. The number of carbonyl (C=O) groups excluding carboxylic acids is 2. The average Bonchev–Trinajstić information content (AvgIpc) is 3.27. The number of amides is 1. The number of rotatable bonds is 7. The van der Waals surface area contributed by atoms with E-state index >= 15 is 0 Å². The average molecular weight is 447 g/mol. The minimum atomic E-state index is -0.554. The predicted octanol–water partition coefficient (Wildman–Crippen LogP) is 3.87. The third kappa shape index (κ3) is 4.77. The Kier molecular flexibility index (Phi) is 6.21. The Labute approximate surface area is 189 Å². The molecule has 0 saturated carbocycles. The fraction of sp³-hybridized carbons (Fsp3) is 0.167. The van der Waals surface area contributed by atoms with Gasteiger partial charge in [-0.3, -0.25) is 4.79 Å². The van der Waals surface area contributed by atoms with Gasteiger partial charge in [0.1, 0.15) is 0 Å². The van der Waals surface area contributed by atoms with Gasteiger partial charge in [-0.25, -0.2) is 9.78 Å². The summed E-state index contributed by atoms with van der Waals surface area (Å²) in [6, 6.07) is 13.5. The molecule has 0 unspecified atom stereocenters. The van der Waals surface area contributed by atoms with Crippen molar-refractivity contribution >= 4 is 28.8 Å². The minimum Gasteiger partial charge on any atom is -0.493 e. The first kappa shape index (κ1) is 21.8. The Bertz CT molecular complexity index is 1300. The topological polar surface area (TPSA) is 113 Å². The van der Waals surface area contributed by atoms with Crippen LogP contribution >= 0.6 is 0 Å². The number of anilines is 1. The van der Waals surface area contributed by atoms with Gasteiger partial charge in [-0.2, -0.15) is 4.98 Å². The monoisotopic (exact) mass is 447 g/mol. The number of benzene rings is 2. The van der Waals surface area contributed by atoms with E-state index in [0.717, 1.165) is 5.56 Å². The lowest BCUT2D eigenvalue weighted by Gasteiger charge is -2.11. The number of aromatic nitrogens is 2. The Balaban J connectivity index is 1.62. The molecule has 0 bridgehead atoms. The van der Waals surface area contributed by atoms with Gasteiger partial charge in [0.05, 0.1) is 33.3 Å². The SMILES string of the molecule is COC(=O)c1cc(NC(=O)Cc2ccc(OC)c(OC)c2)cc(-c2nc3ncccc3o2)c1. The first-order valence-corrected chi connectivity index (χ1v) is 9.97. The van der Waals surface area contributed by atoms with Crippen molar-refractivity contribution in [3.63, 3.8) is 0 Å². The standard InChI is InChI=1S/C24H21N3O6/c1-30-18-7-6-14(9-20(18)31-2)10-21(28)26-17-12-15(11-16(13-17)24(29)32-3)23-27-22-19(33-23)5-4-8-25-22/h4-9,11-13H,10H2,1-3H3,(H,26,28). The van der Waals surface area contributed by atoms with E-state index in [-0.39, 0.29) is 23.8 Å². The molecule has 2 heterocycles. The van der Waals surface area contributed by atoms with Crippen LogP contribution in [0, 0.1) is 0 Å². The molecule has 0 aliphatic heterocycles. The van der Waals surface area contributed by atoms with Crippen LogP contribution in [0.4, 0.5) is 5.69 Å². The van der Waals surface area contributed by atoms with Crippen molar-refractivity contribution in [2.24, 2.45) is 0 Å². The summed E-state index contributed by atoms with van der Waals surface area (Å²) in [6.07, 6.45) is 1.70. The van der Waals surface area contributed by atoms with Gasteiger partial charge in [-0.15, -0.1) is 0 Å². The van der Waals surface area contributed by atoms with Crippen LogP contribution in [-0.2, 0) is 16.0 Å². The van der Waals surface area contributed by atoms with Gasteiger partial charge in [0.25, 0.3) is 0 Å². The zero-order chi connectivity index (χ0) is 23.4. The number of nitrogens with zero attached hydrogens (tertiary/aromatic N) is 2. The van der Waals surface area contributed by atoms with Crippen LogP contribution in [0.2, 0.25) is 0 Å². The third-order valence-corrected chi connectivity index (χ3v) is 4.86. The molecule has 0 radical (unpaired) electrons. The van der Waals surface area contributed by atoms with Gasteiger partial charge in [-0.05, 0) is 48.0 Å². The van der Waals surface area contributed by atoms with Crippen LogP contribution in [0.15, 0.2) is 59.1 Å². The second-order valence-corrected chi connectivity index (χ2v) is 7.05. The molecule has 9 nitrogen and oxygen atoms in total. The van der Waals surface area contributed by atoms with Crippen molar-refractivity contribution in [3.8, 4) is 23.0 Å². The number of nitrogens with one attached hydrogen (secondary N) is 1. The van der Waals surface area contributed by atoms with Crippen LogP contribution in [0.25, 0.3) is 22.7 Å². The van der Waals surface area contributed by atoms with Gasteiger partial charge >= 0.3 is 5.97 Å². The van der Waals surface area contributed by atoms with E-state index in [0.29, 0.717) is 34.0 Å². The van der Waals surface area contributed by atoms with Crippen molar-refractivity contribution in [3.05, 3.63) is 65.9 Å². The van der Waals surface area contributed by atoms with E-state index in [9.17, 15) is 9.59 Å². The van der Waals surface area contributed by atoms with Gasteiger partial charge in [0, 0.05) is 17.4 Å². The largest absolute Gasteiger partial charge is 0.493 e. The highest BCUT2D eigenvalue weighted by molar-refractivity contribution is 5.97. The summed E-state index contributed by atoms with van der Waals surface area (Å²) in [5, 5.41) is 2.82. The van der Waals surface area contributed by atoms with Gasteiger partial charge in [0.15, 0.2) is 22.7 Å². The molecule has 0 aliphatic carbocycles. The number of fused-ring (bicyclic) bond motifs is 1. The molecule has 0 saturated heterocycles. The lowest BCUT2D eigenvalue weighted by molar-refractivity contribution is -0.115. The normalized spacial score (nSPS) is 10.6. The molecular weight excluding hydrogens is 426 g/mol. The summed E-state index contributed by atoms with van der Waals surface area (Å²) in [4.78, 5) is 33.5. The molecule has 1 N–H and O–H groups in total. The number of hydrogen-bond acceptors (Lipinski definition) is 8. The number of pyridine rings is 1. The van der Waals surface area contributed by atoms with Crippen molar-refractivity contribution in [2.75, 3.05) is 26.6 Å². The molecule has 2 aromatic carbocycles. The number of carbonyl (C=O) groups is 2. The molecule has 2 aromatic heterocycles. The zero-order valence-corrected chi connectivity index (χ0v) is 18.2. The Morgan fingerprint density at radius 1 is 1.00 bits per heavy atom. The Hall–Kier alpha value is -4.40. The van der Waals surface area contributed by atoms with E-state index in [2.05, 4.69) is 15.3 Å². The molecule has 0 aliphatic rings. The Morgan fingerprint density at radius 3 is 2.55 bits per heavy atom. The smallest absolute Gasteiger partial charge is 0.337 e. The second kappa shape index (κ2) is 9.39. The highest BCUT2D eigenvalue weighted by atomic mass is 16.5. The van der Waals surface area contributed by atoms with Crippen molar-refractivity contribution in [1.82, 2.24) is 9.97 Å². The maximum Gasteiger partial charge on any atom is 0.337 e. The van der Waals surface area contributed by atoms with Crippen molar-refractivity contribution < 1.29 is 28.2 Å². The summed E-state index contributed by atoms with van der Waals surface area (Å²) in [5.74, 6) is 0.535. The molecule has 33 heavy (non-hydrogen) atoms. The Morgan fingerprint density at radius 2 is 1.82 bits per heavy atom.